The molecule has 0 aromatic carbocycles. The lowest BCUT2D eigenvalue weighted by molar-refractivity contribution is 0.548. The lowest BCUT2D eigenvalue weighted by Gasteiger charge is -2.19. The Balaban J connectivity index is 2.60. The van der Waals surface area contributed by atoms with Gasteiger partial charge in [-0.3, -0.25) is 0 Å². The molecule has 72 valence electrons. The van der Waals surface area contributed by atoms with Crippen LogP contribution in [-0.4, -0.2) is 17.1 Å². The van der Waals surface area contributed by atoms with E-state index in [1.165, 1.54) is 0 Å². The van der Waals surface area contributed by atoms with Crippen LogP contribution in [0.2, 0.25) is 5.02 Å². The van der Waals surface area contributed by atoms with Gasteiger partial charge in [0, 0.05) is 18.3 Å². The first-order valence-electron chi connectivity index (χ1n) is 4.12. The summed E-state index contributed by atoms with van der Waals surface area (Å²) >= 11 is 5.89. The summed E-state index contributed by atoms with van der Waals surface area (Å²) in [5, 5.41) is 3.70. The molecule has 4 heteroatoms. The molecule has 1 rings (SSSR count). The number of aromatic nitrogens is 1. The second kappa shape index (κ2) is 3.94. The third-order valence-corrected chi connectivity index (χ3v) is 1.77. The summed E-state index contributed by atoms with van der Waals surface area (Å²) in [5.74, 6) is 0.683. The topological polar surface area (TPSA) is 50.9 Å². The SMILES string of the molecule is CC(C)(N)CNc1ncccc1Cl. The summed E-state index contributed by atoms with van der Waals surface area (Å²) in [5.41, 5.74) is 5.54. The van der Waals surface area contributed by atoms with E-state index in [9.17, 15) is 0 Å². The Hall–Kier alpha value is -0.800. The van der Waals surface area contributed by atoms with Gasteiger partial charge in [-0.05, 0) is 26.0 Å². The Kier molecular flexibility index (Phi) is 3.12. The van der Waals surface area contributed by atoms with E-state index in [4.69, 9.17) is 17.3 Å². The van der Waals surface area contributed by atoms with Crippen LogP contribution in [0.1, 0.15) is 13.8 Å². The smallest absolute Gasteiger partial charge is 0.144 e. The first-order chi connectivity index (χ1) is 5.99. The van der Waals surface area contributed by atoms with Gasteiger partial charge in [0.2, 0.25) is 0 Å². The average molecular weight is 200 g/mol. The molecule has 0 aliphatic rings. The lowest BCUT2D eigenvalue weighted by Crippen LogP contribution is -2.39. The Morgan fingerprint density at radius 2 is 2.31 bits per heavy atom. The largest absolute Gasteiger partial charge is 0.367 e. The lowest BCUT2D eigenvalue weighted by atomic mass is 10.1. The van der Waals surface area contributed by atoms with E-state index in [1.807, 2.05) is 13.8 Å². The Bertz CT molecular complexity index is 280. The van der Waals surface area contributed by atoms with Crippen LogP contribution in [0.25, 0.3) is 0 Å². The van der Waals surface area contributed by atoms with Gasteiger partial charge in [0.15, 0.2) is 0 Å². The molecule has 0 saturated carbocycles. The van der Waals surface area contributed by atoms with Crippen LogP contribution in [0, 0.1) is 0 Å². The van der Waals surface area contributed by atoms with E-state index in [1.54, 1.807) is 18.3 Å². The third kappa shape index (κ3) is 3.61. The molecule has 0 fully saturated rings. The Morgan fingerprint density at radius 1 is 1.62 bits per heavy atom. The maximum Gasteiger partial charge on any atom is 0.144 e. The zero-order valence-corrected chi connectivity index (χ0v) is 8.60. The minimum Gasteiger partial charge on any atom is -0.367 e. The number of hydrogen-bond acceptors (Lipinski definition) is 3. The summed E-state index contributed by atoms with van der Waals surface area (Å²) in [4.78, 5) is 4.08. The van der Waals surface area contributed by atoms with Crippen molar-refractivity contribution in [2.45, 2.75) is 19.4 Å². The number of pyridine rings is 1. The maximum atomic E-state index is 5.89. The molecular weight excluding hydrogens is 186 g/mol. The van der Waals surface area contributed by atoms with E-state index >= 15 is 0 Å². The van der Waals surface area contributed by atoms with E-state index < -0.39 is 0 Å². The first kappa shape index (κ1) is 10.3. The fraction of sp³-hybridized carbons (Fsp3) is 0.444. The van der Waals surface area contributed by atoms with Crippen LogP contribution < -0.4 is 11.1 Å². The van der Waals surface area contributed by atoms with Crippen molar-refractivity contribution in [2.24, 2.45) is 5.73 Å². The highest BCUT2D eigenvalue weighted by molar-refractivity contribution is 6.32. The summed E-state index contributed by atoms with van der Waals surface area (Å²) in [7, 11) is 0. The number of hydrogen-bond donors (Lipinski definition) is 2. The van der Waals surface area contributed by atoms with Crippen molar-refractivity contribution in [1.82, 2.24) is 4.98 Å². The molecule has 0 radical (unpaired) electrons. The molecule has 1 heterocycles. The Labute approximate surface area is 83.3 Å². The molecule has 0 unspecified atom stereocenters. The van der Waals surface area contributed by atoms with Crippen molar-refractivity contribution in [1.29, 1.82) is 0 Å². The molecule has 0 amide bonds. The number of nitrogens with two attached hydrogens (primary N) is 1. The van der Waals surface area contributed by atoms with E-state index in [0.717, 1.165) is 0 Å². The number of anilines is 1. The molecule has 0 bridgehead atoms. The van der Waals surface area contributed by atoms with E-state index in [0.29, 0.717) is 17.4 Å². The number of halogens is 1. The van der Waals surface area contributed by atoms with Gasteiger partial charge < -0.3 is 11.1 Å². The third-order valence-electron chi connectivity index (χ3n) is 1.47. The summed E-state index contributed by atoms with van der Waals surface area (Å²) in [6, 6.07) is 3.58. The predicted octanol–water partition coefficient (Wildman–Crippen LogP) is 1.88. The molecule has 0 saturated heterocycles. The number of nitrogens with zero attached hydrogens (tertiary/aromatic N) is 1. The van der Waals surface area contributed by atoms with Gasteiger partial charge in [0.05, 0.1) is 5.02 Å². The van der Waals surface area contributed by atoms with Crippen LogP contribution in [0.15, 0.2) is 18.3 Å². The maximum absolute atomic E-state index is 5.89. The molecule has 1 aromatic heterocycles. The van der Waals surface area contributed by atoms with Gasteiger partial charge in [0.1, 0.15) is 5.82 Å². The van der Waals surface area contributed by atoms with Crippen LogP contribution in [0.4, 0.5) is 5.82 Å². The highest BCUT2D eigenvalue weighted by Crippen LogP contribution is 2.17. The molecule has 3 nitrogen and oxygen atoms in total. The van der Waals surface area contributed by atoms with Crippen molar-refractivity contribution in [3.8, 4) is 0 Å². The predicted molar refractivity (Wildman–Crippen MR) is 56.0 cm³/mol. The molecule has 0 atom stereocenters. The summed E-state index contributed by atoms with van der Waals surface area (Å²) in [6.45, 7) is 4.53. The van der Waals surface area contributed by atoms with Crippen LogP contribution >= 0.6 is 11.6 Å². The molecular formula is C9H14ClN3. The normalized spacial score (nSPS) is 11.4. The minimum absolute atomic E-state index is 0.263. The molecule has 0 aliphatic carbocycles. The van der Waals surface area contributed by atoms with Gasteiger partial charge in [-0.25, -0.2) is 4.98 Å². The van der Waals surface area contributed by atoms with Crippen molar-refractivity contribution in [2.75, 3.05) is 11.9 Å². The number of nitrogens with one attached hydrogen (secondary N) is 1. The number of rotatable bonds is 3. The zero-order chi connectivity index (χ0) is 9.90. The summed E-state index contributed by atoms with van der Waals surface area (Å²) < 4.78 is 0. The van der Waals surface area contributed by atoms with Crippen molar-refractivity contribution < 1.29 is 0 Å². The monoisotopic (exact) mass is 199 g/mol. The molecule has 1 aromatic rings. The highest BCUT2D eigenvalue weighted by Gasteiger charge is 2.10. The van der Waals surface area contributed by atoms with Gasteiger partial charge in [0.25, 0.3) is 0 Å². The summed E-state index contributed by atoms with van der Waals surface area (Å²) in [6.07, 6.45) is 1.69. The van der Waals surface area contributed by atoms with Gasteiger partial charge in [-0.1, -0.05) is 11.6 Å². The van der Waals surface area contributed by atoms with Crippen LogP contribution in [-0.2, 0) is 0 Å². The van der Waals surface area contributed by atoms with Crippen molar-refractivity contribution in [3.63, 3.8) is 0 Å². The van der Waals surface area contributed by atoms with Crippen LogP contribution in [0.3, 0.4) is 0 Å². The van der Waals surface area contributed by atoms with Crippen molar-refractivity contribution >= 4 is 17.4 Å². The van der Waals surface area contributed by atoms with Crippen LogP contribution in [0.5, 0.6) is 0 Å². The highest BCUT2D eigenvalue weighted by atomic mass is 35.5. The van der Waals surface area contributed by atoms with E-state index in [-0.39, 0.29) is 5.54 Å². The standard InChI is InChI=1S/C9H14ClN3/c1-9(2,11)6-13-8-7(10)4-3-5-12-8/h3-5H,6,11H2,1-2H3,(H,12,13). The minimum atomic E-state index is -0.263. The molecule has 0 spiro atoms. The van der Waals surface area contributed by atoms with Crippen molar-refractivity contribution in [3.05, 3.63) is 23.4 Å². The molecule has 0 aliphatic heterocycles. The van der Waals surface area contributed by atoms with Gasteiger partial charge in [-0.2, -0.15) is 0 Å². The molecule has 3 N–H and O–H groups in total. The zero-order valence-electron chi connectivity index (χ0n) is 7.84. The average Bonchev–Trinajstić information content (AvgIpc) is 2.01. The fourth-order valence-electron chi connectivity index (χ4n) is 0.827. The second-order valence-electron chi connectivity index (χ2n) is 3.68. The fourth-order valence-corrected chi connectivity index (χ4v) is 1.02. The quantitative estimate of drug-likeness (QED) is 0.782. The van der Waals surface area contributed by atoms with Gasteiger partial charge >= 0.3 is 0 Å². The second-order valence-corrected chi connectivity index (χ2v) is 4.08. The van der Waals surface area contributed by atoms with Gasteiger partial charge in [-0.15, -0.1) is 0 Å². The molecule has 13 heavy (non-hydrogen) atoms. The van der Waals surface area contributed by atoms with E-state index in [2.05, 4.69) is 10.3 Å². The Morgan fingerprint density at radius 3 is 2.85 bits per heavy atom. The first-order valence-corrected chi connectivity index (χ1v) is 4.50.